The lowest BCUT2D eigenvalue weighted by molar-refractivity contribution is -0.870. The summed E-state index contributed by atoms with van der Waals surface area (Å²) in [6.45, 7) is 4.08. The number of rotatable bonds is 58. The van der Waals surface area contributed by atoms with Crippen LogP contribution in [0.5, 0.6) is 0 Å². The van der Waals surface area contributed by atoms with Crippen LogP contribution in [-0.4, -0.2) is 70.0 Å². The average Bonchev–Trinajstić information content (AvgIpc) is 3.46. The number of nitrogens with zero attached hydrogens (tertiary/aromatic N) is 1. The first-order valence-corrected chi connectivity index (χ1v) is 34.0. The Kier molecular flexibility index (Phi) is 58.4. The summed E-state index contributed by atoms with van der Waals surface area (Å²) in [7, 11) is 1.14. The predicted molar refractivity (Wildman–Crippen MR) is 350 cm³/mol. The number of hydrogen-bond donors (Lipinski definition) is 0. The molecule has 0 radical (unpaired) electrons. The lowest BCUT2D eigenvalue weighted by Crippen LogP contribution is -2.37. The van der Waals surface area contributed by atoms with Crippen LogP contribution in [0.1, 0.15) is 245 Å². The van der Waals surface area contributed by atoms with Gasteiger partial charge in [0.05, 0.1) is 27.7 Å². The molecule has 0 saturated heterocycles. The van der Waals surface area contributed by atoms with Gasteiger partial charge in [0.1, 0.15) is 19.8 Å². The van der Waals surface area contributed by atoms with Gasteiger partial charge in [-0.3, -0.25) is 14.2 Å². The van der Waals surface area contributed by atoms with Crippen LogP contribution in [0.3, 0.4) is 0 Å². The predicted octanol–water partition coefficient (Wildman–Crippen LogP) is 20.4. The second-order valence-corrected chi connectivity index (χ2v) is 23.8. The molecular formula is C72H120NO8P. The molecule has 0 amide bonds. The van der Waals surface area contributed by atoms with E-state index in [1.165, 1.54) is 70.6 Å². The summed E-state index contributed by atoms with van der Waals surface area (Å²) in [4.78, 5) is 38.0. The van der Waals surface area contributed by atoms with E-state index in [4.69, 9.17) is 18.5 Å². The Balaban J connectivity index is 4.17. The largest absolute Gasteiger partial charge is 0.756 e. The summed E-state index contributed by atoms with van der Waals surface area (Å²) in [5, 5.41) is 0. The van der Waals surface area contributed by atoms with Gasteiger partial charge in [-0.2, -0.15) is 0 Å². The first-order valence-electron chi connectivity index (χ1n) is 32.5. The molecule has 0 fully saturated rings. The van der Waals surface area contributed by atoms with Crippen molar-refractivity contribution in [2.75, 3.05) is 47.5 Å². The van der Waals surface area contributed by atoms with Gasteiger partial charge in [0.15, 0.2) is 6.10 Å². The highest BCUT2D eigenvalue weighted by Gasteiger charge is 2.22. The van der Waals surface area contributed by atoms with Crippen molar-refractivity contribution in [2.24, 2.45) is 0 Å². The zero-order chi connectivity index (χ0) is 59.8. The molecule has 466 valence electrons. The van der Waals surface area contributed by atoms with Crippen molar-refractivity contribution in [3.63, 3.8) is 0 Å². The minimum atomic E-state index is -4.65. The highest BCUT2D eigenvalue weighted by atomic mass is 31.2. The number of quaternary nitrogens is 1. The summed E-state index contributed by atoms with van der Waals surface area (Å²) in [5.41, 5.74) is 0. The fourth-order valence-electron chi connectivity index (χ4n) is 8.36. The monoisotopic (exact) mass is 1160 g/mol. The van der Waals surface area contributed by atoms with Crippen molar-refractivity contribution in [3.05, 3.63) is 146 Å². The molecule has 0 aromatic heterocycles. The van der Waals surface area contributed by atoms with E-state index >= 15 is 0 Å². The van der Waals surface area contributed by atoms with Gasteiger partial charge in [0.2, 0.25) is 0 Å². The number of ether oxygens (including phenoxy) is 2. The van der Waals surface area contributed by atoms with Crippen molar-refractivity contribution in [1.29, 1.82) is 0 Å². The normalized spacial score (nSPS) is 14.2. The Morgan fingerprint density at radius 2 is 0.695 bits per heavy atom. The number of unbranched alkanes of at least 4 members (excludes halogenated alkanes) is 20. The number of hydrogen-bond acceptors (Lipinski definition) is 8. The summed E-state index contributed by atoms with van der Waals surface area (Å²) >= 11 is 0. The van der Waals surface area contributed by atoms with Gasteiger partial charge in [-0.05, 0) is 122 Å². The van der Waals surface area contributed by atoms with E-state index in [2.05, 4.69) is 160 Å². The number of carbonyl (C=O) groups excluding carboxylic acids is 2. The Morgan fingerprint density at radius 3 is 1.04 bits per heavy atom. The molecule has 0 rings (SSSR count). The molecule has 10 heteroatoms. The second-order valence-electron chi connectivity index (χ2n) is 22.4. The van der Waals surface area contributed by atoms with Crippen LogP contribution in [0.2, 0.25) is 0 Å². The highest BCUT2D eigenvalue weighted by molar-refractivity contribution is 7.45. The summed E-state index contributed by atoms with van der Waals surface area (Å²) in [5.74, 6) is -0.862. The third-order valence-electron chi connectivity index (χ3n) is 13.3. The van der Waals surface area contributed by atoms with E-state index in [0.29, 0.717) is 23.9 Å². The van der Waals surface area contributed by atoms with Crippen LogP contribution < -0.4 is 4.89 Å². The number of phosphoric ester groups is 1. The van der Waals surface area contributed by atoms with E-state index < -0.39 is 32.5 Å². The van der Waals surface area contributed by atoms with E-state index in [1.54, 1.807) is 0 Å². The number of carbonyl (C=O) groups is 2. The Hall–Kier alpha value is -4.11. The summed E-state index contributed by atoms with van der Waals surface area (Å²) < 4.78 is 34.2. The maximum Gasteiger partial charge on any atom is 0.306 e. The quantitative estimate of drug-likeness (QED) is 0.0195. The van der Waals surface area contributed by atoms with Gasteiger partial charge in [-0.15, -0.1) is 0 Å². The zero-order valence-corrected chi connectivity index (χ0v) is 53.8. The van der Waals surface area contributed by atoms with Crippen LogP contribution in [0.25, 0.3) is 0 Å². The van der Waals surface area contributed by atoms with Crippen molar-refractivity contribution in [2.45, 2.75) is 251 Å². The SMILES string of the molecule is CC/C=C\C/C=C\C/C=C\C/C=C\C/C=C\C/C=C\C/C=C\C/C=C\C/C=C\CCCCCCCCCCCC(=O)OC(COC(=O)CCCCCCCC/C=C\C/C=C\C/C=C\CCCCCCC)COP(=O)([O-])OCC[N+](C)(C)C. The molecule has 9 nitrogen and oxygen atoms in total. The van der Waals surface area contributed by atoms with Crippen molar-refractivity contribution in [3.8, 4) is 0 Å². The molecule has 0 aliphatic carbocycles. The number of allylic oxidation sites excluding steroid dienone is 24. The van der Waals surface area contributed by atoms with Crippen LogP contribution in [0.15, 0.2) is 146 Å². The highest BCUT2D eigenvalue weighted by Crippen LogP contribution is 2.38. The van der Waals surface area contributed by atoms with E-state index in [-0.39, 0.29) is 26.1 Å². The molecule has 0 aliphatic heterocycles. The fourth-order valence-corrected chi connectivity index (χ4v) is 9.09. The van der Waals surface area contributed by atoms with E-state index in [0.717, 1.165) is 135 Å². The molecule has 0 N–H and O–H groups in total. The van der Waals surface area contributed by atoms with Crippen molar-refractivity contribution >= 4 is 19.8 Å². The van der Waals surface area contributed by atoms with Crippen LogP contribution in [-0.2, 0) is 32.7 Å². The van der Waals surface area contributed by atoms with Crippen molar-refractivity contribution in [1.82, 2.24) is 0 Å². The molecule has 0 spiro atoms. The topological polar surface area (TPSA) is 111 Å². The second kappa shape index (κ2) is 61.5. The smallest absolute Gasteiger partial charge is 0.306 e. The number of likely N-dealkylation sites (N-methyl/N-ethyl adjacent to an activating group) is 1. The van der Waals surface area contributed by atoms with Crippen LogP contribution >= 0.6 is 7.82 Å². The minimum Gasteiger partial charge on any atom is -0.756 e. The van der Waals surface area contributed by atoms with Gasteiger partial charge < -0.3 is 27.9 Å². The van der Waals surface area contributed by atoms with Gasteiger partial charge in [-0.25, -0.2) is 0 Å². The molecule has 0 aromatic rings. The Bertz CT molecular complexity index is 1890. The Labute approximate surface area is 503 Å². The molecule has 2 atom stereocenters. The third kappa shape index (κ3) is 65.0. The summed E-state index contributed by atoms with van der Waals surface area (Å²) in [6.07, 6.45) is 90.4. The lowest BCUT2D eigenvalue weighted by atomic mass is 10.1. The molecule has 0 aromatic carbocycles. The molecule has 0 saturated carbocycles. The van der Waals surface area contributed by atoms with Gasteiger partial charge in [-0.1, -0.05) is 256 Å². The molecule has 0 bridgehead atoms. The van der Waals surface area contributed by atoms with Crippen LogP contribution in [0, 0.1) is 0 Å². The molecular weight excluding hydrogens is 1040 g/mol. The molecule has 0 aliphatic rings. The third-order valence-corrected chi connectivity index (χ3v) is 14.3. The number of esters is 2. The standard InChI is InChI=1S/C72H120NO8P/c1-6-8-10-12-14-16-18-20-22-24-26-28-29-30-31-32-33-34-35-36-37-38-39-40-41-42-43-45-47-49-51-53-55-57-59-61-63-65-72(75)81-70(69-80-82(76,77)79-67-66-73(3,4)5)68-78-71(74)64-62-60-58-56-54-52-50-48-46-44-27-25-23-21-19-17-15-13-11-9-7-2/h8,10,14,16,19-22,25-28,30-31,33-34,36-37,39-40,42-43,46,48,70H,6-7,9,11-13,15,17-18,23-24,29,32,35,38,41,44-45,47,49-69H2,1-5H3/b10-8-,16-14-,21-19-,22-20-,27-25-,28-26-,31-30-,34-33-,37-36-,40-39-,43-42-,48-46-. The minimum absolute atomic E-state index is 0.0418. The average molecular weight is 1160 g/mol. The molecule has 82 heavy (non-hydrogen) atoms. The van der Waals surface area contributed by atoms with Gasteiger partial charge in [0, 0.05) is 12.8 Å². The molecule has 2 unspecified atom stereocenters. The molecule has 0 heterocycles. The maximum absolute atomic E-state index is 12.8. The maximum atomic E-state index is 12.8. The zero-order valence-electron chi connectivity index (χ0n) is 52.9. The van der Waals surface area contributed by atoms with Crippen LogP contribution in [0.4, 0.5) is 0 Å². The fraction of sp³-hybridized carbons (Fsp3) is 0.639. The Morgan fingerprint density at radius 1 is 0.390 bits per heavy atom. The summed E-state index contributed by atoms with van der Waals surface area (Å²) in [6, 6.07) is 0. The first-order chi connectivity index (χ1) is 40.0. The van der Waals surface area contributed by atoms with Crippen molar-refractivity contribution < 1.29 is 42.1 Å². The van der Waals surface area contributed by atoms with E-state index in [9.17, 15) is 19.0 Å². The first kappa shape index (κ1) is 77.9. The van der Waals surface area contributed by atoms with Gasteiger partial charge in [0.25, 0.3) is 7.82 Å². The van der Waals surface area contributed by atoms with Gasteiger partial charge >= 0.3 is 11.9 Å². The lowest BCUT2D eigenvalue weighted by Gasteiger charge is -2.28. The van der Waals surface area contributed by atoms with E-state index in [1.807, 2.05) is 21.1 Å². The number of phosphoric acid groups is 1.